The summed E-state index contributed by atoms with van der Waals surface area (Å²) in [4.78, 5) is 22.6. The first-order chi connectivity index (χ1) is 13.1. The Morgan fingerprint density at radius 2 is 2.07 bits per heavy atom. The van der Waals surface area contributed by atoms with Crippen molar-refractivity contribution in [1.29, 1.82) is 0 Å². The van der Waals surface area contributed by atoms with Gasteiger partial charge >= 0.3 is 5.69 Å². The predicted molar refractivity (Wildman–Crippen MR) is 103 cm³/mol. The van der Waals surface area contributed by atoms with E-state index in [2.05, 4.69) is 15.1 Å². The molecule has 9 heteroatoms. The van der Waals surface area contributed by atoms with Crippen LogP contribution in [0.15, 0.2) is 39.7 Å². The largest absolute Gasteiger partial charge is 0.350 e. The second kappa shape index (κ2) is 7.28. The highest BCUT2D eigenvalue weighted by molar-refractivity contribution is 7.13. The zero-order valence-electron chi connectivity index (χ0n) is 14.7. The zero-order valence-corrected chi connectivity index (χ0v) is 15.5. The van der Waals surface area contributed by atoms with Gasteiger partial charge in [-0.1, -0.05) is 16.8 Å². The van der Waals surface area contributed by atoms with E-state index < -0.39 is 0 Å². The molecule has 3 aromatic heterocycles. The highest BCUT2D eigenvalue weighted by Gasteiger charge is 2.24. The molecule has 0 unspecified atom stereocenters. The lowest BCUT2D eigenvalue weighted by atomic mass is 10.0. The van der Waals surface area contributed by atoms with Crippen molar-refractivity contribution >= 4 is 28.9 Å². The number of aryl methyl sites for hydroxylation is 1. The summed E-state index contributed by atoms with van der Waals surface area (Å²) >= 11 is 1.56. The molecule has 8 nitrogen and oxygen atoms in total. The molecule has 0 aromatic carbocycles. The van der Waals surface area contributed by atoms with E-state index in [1.165, 1.54) is 11.6 Å². The van der Waals surface area contributed by atoms with E-state index in [0.29, 0.717) is 30.6 Å². The van der Waals surface area contributed by atoms with E-state index in [4.69, 9.17) is 4.52 Å². The number of thiophene rings is 1. The minimum Gasteiger partial charge on any atom is -0.350 e. The summed E-state index contributed by atoms with van der Waals surface area (Å²) in [5.41, 5.74) is 2.00. The van der Waals surface area contributed by atoms with Gasteiger partial charge in [0.15, 0.2) is 0 Å². The van der Waals surface area contributed by atoms with Gasteiger partial charge < -0.3 is 9.42 Å². The lowest BCUT2D eigenvalue weighted by Gasteiger charge is -2.29. The number of hydrogen-bond donors (Lipinski definition) is 0. The van der Waals surface area contributed by atoms with E-state index in [9.17, 15) is 10.1 Å². The fraction of sp³-hybridized carbons (Fsp3) is 0.278. The minimum atomic E-state index is -0.377. The van der Waals surface area contributed by atoms with Crippen molar-refractivity contribution in [3.05, 3.63) is 56.9 Å². The van der Waals surface area contributed by atoms with Crippen molar-refractivity contribution in [2.75, 3.05) is 18.0 Å². The molecule has 1 aliphatic rings. The van der Waals surface area contributed by atoms with Gasteiger partial charge in [0.1, 0.15) is 0 Å². The van der Waals surface area contributed by atoms with Crippen LogP contribution in [0.5, 0.6) is 0 Å². The fourth-order valence-corrected chi connectivity index (χ4v) is 3.68. The van der Waals surface area contributed by atoms with Crippen molar-refractivity contribution in [3.8, 4) is 10.7 Å². The van der Waals surface area contributed by atoms with Crippen LogP contribution in [0.4, 0.5) is 11.5 Å². The van der Waals surface area contributed by atoms with Gasteiger partial charge in [0.2, 0.25) is 11.6 Å². The van der Waals surface area contributed by atoms with Gasteiger partial charge in [-0.05, 0) is 37.3 Å². The lowest BCUT2D eigenvalue weighted by Crippen LogP contribution is -2.32. The summed E-state index contributed by atoms with van der Waals surface area (Å²) < 4.78 is 5.32. The standard InChI is InChI=1S/C18H17N5O3S/c1-12-4-5-14(23(24)25)18(19-12)22-8-6-13(7-9-22)11-16-20-17(21-26-16)15-3-2-10-27-15/h2-5,10-11H,6-9H2,1H3. The van der Waals surface area contributed by atoms with Crippen molar-refractivity contribution in [1.82, 2.24) is 15.1 Å². The maximum absolute atomic E-state index is 11.3. The molecule has 138 valence electrons. The van der Waals surface area contributed by atoms with E-state index in [0.717, 1.165) is 23.4 Å². The molecule has 4 rings (SSSR count). The van der Waals surface area contributed by atoms with Crippen molar-refractivity contribution < 1.29 is 9.45 Å². The van der Waals surface area contributed by atoms with Crippen molar-refractivity contribution in [2.24, 2.45) is 0 Å². The van der Waals surface area contributed by atoms with Gasteiger partial charge in [0.25, 0.3) is 5.89 Å². The molecule has 0 saturated carbocycles. The van der Waals surface area contributed by atoms with Crippen LogP contribution in [0.2, 0.25) is 0 Å². The number of nitro groups is 1. The van der Waals surface area contributed by atoms with Gasteiger partial charge in [0, 0.05) is 30.9 Å². The molecule has 1 fully saturated rings. The third-order valence-electron chi connectivity index (χ3n) is 4.41. The molecular weight excluding hydrogens is 366 g/mol. The third kappa shape index (κ3) is 3.72. The summed E-state index contributed by atoms with van der Waals surface area (Å²) in [5, 5.41) is 17.3. The molecule has 0 radical (unpaired) electrons. The van der Waals surface area contributed by atoms with E-state index >= 15 is 0 Å². The highest BCUT2D eigenvalue weighted by atomic mass is 32.1. The first kappa shape index (κ1) is 17.3. The number of anilines is 1. The van der Waals surface area contributed by atoms with Crippen LogP contribution in [0.25, 0.3) is 16.8 Å². The lowest BCUT2D eigenvalue weighted by molar-refractivity contribution is -0.384. The third-order valence-corrected chi connectivity index (χ3v) is 5.27. The second-order valence-corrected chi connectivity index (χ2v) is 7.22. The van der Waals surface area contributed by atoms with Crippen LogP contribution in [0.1, 0.15) is 24.4 Å². The average molecular weight is 383 g/mol. The minimum absolute atomic E-state index is 0.0468. The molecule has 27 heavy (non-hydrogen) atoms. The molecule has 0 atom stereocenters. The highest BCUT2D eigenvalue weighted by Crippen LogP contribution is 2.30. The van der Waals surface area contributed by atoms with Gasteiger partial charge in [-0.3, -0.25) is 10.1 Å². The summed E-state index contributed by atoms with van der Waals surface area (Å²) in [6, 6.07) is 7.08. The molecule has 3 aromatic rings. The van der Waals surface area contributed by atoms with Gasteiger partial charge in [-0.15, -0.1) is 11.3 Å². The van der Waals surface area contributed by atoms with E-state index in [1.807, 2.05) is 35.4 Å². The number of aromatic nitrogens is 3. The van der Waals surface area contributed by atoms with Crippen LogP contribution in [0, 0.1) is 17.0 Å². The van der Waals surface area contributed by atoms with Crippen LogP contribution >= 0.6 is 11.3 Å². The quantitative estimate of drug-likeness (QED) is 0.494. The Kier molecular flexibility index (Phi) is 4.68. The molecular formula is C18H17N5O3S. The van der Waals surface area contributed by atoms with Crippen molar-refractivity contribution in [2.45, 2.75) is 19.8 Å². The van der Waals surface area contributed by atoms with Gasteiger partial charge in [0.05, 0.1) is 9.80 Å². The van der Waals surface area contributed by atoms with Crippen LogP contribution < -0.4 is 4.90 Å². The molecule has 4 heterocycles. The second-order valence-electron chi connectivity index (χ2n) is 6.28. The smallest absolute Gasteiger partial charge is 0.311 e. The fourth-order valence-electron chi connectivity index (χ4n) is 3.04. The molecule has 0 aliphatic carbocycles. The first-order valence-electron chi connectivity index (χ1n) is 8.54. The predicted octanol–water partition coefficient (Wildman–Crippen LogP) is 4.09. The van der Waals surface area contributed by atoms with Gasteiger partial charge in [-0.2, -0.15) is 4.98 Å². The molecule has 0 spiro atoms. The topological polar surface area (TPSA) is 98.2 Å². The monoisotopic (exact) mass is 383 g/mol. The Hall–Kier alpha value is -3.07. The number of hydrogen-bond acceptors (Lipinski definition) is 8. The van der Waals surface area contributed by atoms with Crippen LogP contribution in [-0.4, -0.2) is 33.1 Å². The van der Waals surface area contributed by atoms with Crippen LogP contribution in [-0.2, 0) is 0 Å². The molecule has 1 saturated heterocycles. The van der Waals surface area contributed by atoms with Gasteiger partial charge in [-0.25, -0.2) is 4.98 Å². The molecule has 0 N–H and O–H groups in total. The van der Waals surface area contributed by atoms with Crippen LogP contribution in [0.3, 0.4) is 0 Å². The Morgan fingerprint density at radius 3 is 2.78 bits per heavy atom. The van der Waals surface area contributed by atoms with E-state index in [-0.39, 0.29) is 10.6 Å². The zero-order chi connectivity index (χ0) is 18.8. The Morgan fingerprint density at radius 1 is 1.26 bits per heavy atom. The van der Waals surface area contributed by atoms with Crippen molar-refractivity contribution in [3.63, 3.8) is 0 Å². The Labute approximate surface area is 159 Å². The Bertz CT molecular complexity index is 986. The summed E-state index contributed by atoms with van der Waals surface area (Å²) in [6.07, 6.45) is 3.45. The van der Waals surface area contributed by atoms with E-state index in [1.54, 1.807) is 17.4 Å². The number of nitrogens with zero attached hydrogens (tertiary/aromatic N) is 5. The summed E-state index contributed by atoms with van der Waals surface area (Å²) in [7, 11) is 0. The maximum Gasteiger partial charge on any atom is 0.311 e. The molecule has 0 amide bonds. The summed E-state index contributed by atoms with van der Waals surface area (Å²) in [6.45, 7) is 3.16. The number of pyridine rings is 1. The molecule has 0 bridgehead atoms. The number of piperidine rings is 1. The Balaban J connectivity index is 1.47. The first-order valence-corrected chi connectivity index (χ1v) is 9.42. The normalized spacial score (nSPS) is 14.4. The SMILES string of the molecule is Cc1ccc([N+](=O)[O-])c(N2CCC(=Cc3nc(-c4cccs4)no3)CC2)n1. The number of rotatable bonds is 4. The maximum atomic E-state index is 11.3. The summed E-state index contributed by atoms with van der Waals surface area (Å²) in [5.74, 6) is 1.52. The molecule has 1 aliphatic heterocycles. The average Bonchev–Trinajstić information content (AvgIpc) is 3.33.